The number of hydrogen-bond donors (Lipinski definition) is 1. The van der Waals surface area contributed by atoms with Crippen LogP contribution in [0.2, 0.25) is 5.02 Å². The molecule has 0 fully saturated rings. The van der Waals surface area contributed by atoms with Crippen molar-refractivity contribution in [2.24, 2.45) is 0 Å². The summed E-state index contributed by atoms with van der Waals surface area (Å²) < 4.78 is 23.9. The van der Waals surface area contributed by atoms with Crippen LogP contribution in [0.15, 0.2) is 35.2 Å². The highest BCUT2D eigenvalue weighted by Crippen LogP contribution is 2.20. The van der Waals surface area contributed by atoms with Gasteiger partial charge in [-0.3, -0.25) is 0 Å². The molecule has 0 saturated carbocycles. The van der Waals surface area contributed by atoms with Gasteiger partial charge in [0.15, 0.2) is 9.84 Å². The minimum Gasteiger partial charge on any atom is -0.308 e. The molecule has 114 valence electrons. The van der Waals surface area contributed by atoms with E-state index in [4.69, 9.17) is 11.6 Å². The van der Waals surface area contributed by atoms with E-state index in [1.54, 1.807) is 30.4 Å². The van der Waals surface area contributed by atoms with Crippen LogP contribution < -0.4 is 5.32 Å². The molecule has 2 aromatic rings. The van der Waals surface area contributed by atoms with Crippen molar-refractivity contribution in [1.82, 2.24) is 5.32 Å². The number of sulfone groups is 1. The highest BCUT2D eigenvalue weighted by molar-refractivity contribution is 7.91. The van der Waals surface area contributed by atoms with Gasteiger partial charge in [-0.15, -0.1) is 11.3 Å². The molecule has 1 N–H and O–H groups in total. The lowest BCUT2D eigenvalue weighted by atomic mass is 10.2. The van der Waals surface area contributed by atoms with Crippen LogP contribution in [0.1, 0.15) is 22.2 Å². The fourth-order valence-corrected chi connectivity index (χ4v) is 4.13. The molecular formula is C15H18ClNO2S2. The summed E-state index contributed by atoms with van der Waals surface area (Å²) in [5.74, 6) is 0.0781. The van der Waals surface area contributed by atoms with E-state index in [0.717, 1.165) is 12.1 Å². The first-order valence-electron chi connectivity index (χ1n) is 6.69. The predicted molar refractivity (Wildman–Crippen MR) is 88.8 cm³/mol. The van der Waals surface area contributed by atoms with Crippen molar-refractivity contribution in [3.05, 3.63) is 50.7 Å². The molecule has 2 rings (SSSR count). The summed E-state index contributed by atoms with van der Waals surface area (Å²) in [6.45, 7) is 5.06. The Hall–Kier alpha value is -0.880. The van der Waals surface area contributed by atoms with Gasteiger partial charge in [-0.05, 0) is 42.8 Å². The van der Waals surface area contributed by atoms with Gasteiger partial charge in [0.2, 0.25) is 0 Å². The first kappa shape index (κ1) is 16.5. The van der Waals surface area contributed by atoms with E-state index in [-0.39, 0.29) is 5.75 Å². The summed E-state index contributed by atoms with van der Waals surface area (Å²) in [5, 5.41) is 3.76. The number of hydrogen-bond acceptors (Lipinski definition) is 4. The summed E-state index contributed by atoms with van der Waals surface area (Å²) in [6.07, 6.45) is 0. The van der Waals surface area contributed by atoms with Crippen molar-refractivity contribution < 1.29 is 8.42 Å². The minimum atomic E-state index is -3.23. The molecule has 0 saturated heterocycles. The number of halogens is 1. The van der Waals surface area contributed by atoms with Gasteiger partial charge in [0.25, 0.3) is 0 Å². The van der Waals surface area contributed by atoms with Crippen LogP contribution >= 0.6 is 22.9 Å². The van der Waals surface area contributed by atoms with Crippen LogP contribution in [-0.2, 0) is 22.9 Å². The fraction of sp³-hybridized carbons (Fsp3) is 0.333. The first-order chi connectivity index (χ1) is 9.90. The Labute approximate surface area is 134 Å². The van der Waals surface area contributed by atoms with E-state index in [1.165, 1.54) is 15.8 Å². The Bertz CT molecular complexity index is 723. The number of thiophene rings is 1. The van der Waals surface area contributed by atoms with Gasteiger partial charge >= 0.3 is 0 Å². The Balaban J connectivity index is 2.06. The molecule has 1 aromatic heterocycles. The summed E-state index contributed by atoms with van der Waals surface area (Å²) >= 11 is 7.77. The van der Waals surface area contributed by atoms with Gasteiger partial charge < -0.3 is 5.32 Å². The zero-order valence-electron chi connectivity index (χ0n) is 12.0. The molecule has 3 nitrogen and oxygen atoms in total. The topological polar surface area (TPSA) is 46.2 Å². The van der Waals surface area contributed by atoms with Crippen molar-refractivity contribution in [1.29, 1.82) is 0 Å². The highest BCUT2D eigenvalue weighted by atomic mass is 35.5. The number of aryl methyl sites for hydroxylation is 1. The van der Waals surface area contributed by atoms with Crippen LogP contribution in [0.5, 0.6) is 0 Å². The maximum absolute atomic E-state index is 11.9. The minimum absolute atomic E-state index is 0.0781. The molecule has 0 spiro atoms. The fourth-order valence-electron chi connectivity index (χ4n) is 1.98. The van der Waals surface area contributed by atoms with Gasteiger partial charge in [-0.25, -0.2) is 8.42 Å². The van der Waals surface area contributed by atoms with Crippen molar-refractivity contribution in [2.45, 2.75) is 31.8 Å². The molecule has 1 heterocycles. The third-order valence-corrected chi connectivity index (χ3v) is 6.03. The second-order valence-corrected chi connectivity index (χ2v) is 8.90. The lowest BCUT2D eigenvalue weighted by Crippen LogP contribution is -2.12. The lowest BCUT2D eigenvalue weighted by molar-refractivity contribution is 0.597. The van der Waals surface area contributed by atoms with Crippen LogP contribution in [0.4, 0.5) is 0 Å². The summed E-state index contributed by atoms with van der Waals surface area (Å²) in [6, 6.07) is 9.18. The molecule has 0 aliphatic carbocycles. The zero-order chi connectivity index (χ0) is 15.5. The standard InChI is InChI=1S/C15H18ClNO2S2/c1-3-21(18,19)15-7-12(6-13(16)8-15)9-17-10-14-5-4-11(2)20-14/h4-8,17H,3,9-10H2,1-2H3. The molecule has 0 aliphatic rings. The molecule has 0 bridgehead atoms. The molecule has 0 amide bonds. The second-order valence-electron chi connectivity index (χ2n) is 4.81. The predicted octanol–water partition coefficient (Wildman–Crippen LogP) is 3.79. The SMILES string of the molecule is CCS(=O)(=O)c1cc(Cl)cc(CNCc2ccc(C)s2)c1. The molecule has 21 heavy (non-hydrogen) atoms. The maximum atomic E-state index is 11.9. The molecule has 0 aliphatic heterocycles. The molecule has 1 aromatic carbocycles. The molecule has 0 radical (unpaired) electrons. The zero-order valence-corrected chi connectivity index (χ0v) is 14.4. The summed E-state index contributed by atoms with van der Waals surface area (Å²) in [7, 11) is -3.23. The van der Waals surface area contributed by atoms with Gasteiger partial charge in [-0.2, -0.15) is 0 Å². The largest absolute Gasteiger partial charge is 0.308 e. The Morgan fingerprint density at radius 3 is 2.57 bits per heavy atom. The average molecular weight is 344 g/mol. The van der Waals surface area contributed by atoms with E-state index < -0.39 is 9.84 Å². The summed E-state index contributed by atoms with van der Waals surface area (Å²) in [4.78, 5) is 2.84. The Morgan fingerprint density at radius 1 is 1.19 bits per heavy atom. The third kappa shape index (κ3) is 4.54. The molecule has 0 unspecified atom stereocenters. The van der Waals surface area contributed by atoms with E-state index in [0.29, 0.717) is 16.5 Å². The lowest BCUT2D eigenvalue weighted by Gasteiger charge is -2.08. The third-order valence-electron chi connectivity index (χ3n) is 3.09. The maximum Gasteiger partial charge on any atom is 0.178 e. The number of rotatable bonds is 6. The molecule has 6 heteroatoms. The van der Waals surface area contributed by atoms with E-state index in [1.807, 2.05) is 0 Å². The van der Waals surface area contributed by atoms with Gasteiger partial charge in [-0.1, -0.05) is 18.5 Å². The Kier molecular flexibility index (Phi) is 5.43. The van der Waals surface area contributed by atoms with Crippen molar-refractivity contribution >= 4 is 32.8 Å². The van der Waals surface area contributed by atoms with Crippen molar-refractivity contribution in [3.8, 4) is 0 Å². The molecular weight excluding hydrogens is 326 g/mol. The first-order valence-corrected chi connectivity index (χ1v) is 9.53. The van der Waals surface area contributed by atoms with Crippen LogP contribution in [0, 0.1) is 6.92 Å². The van der Waals surface area contributed by atoms with Crippen molar-refractivity contribution in [2.75, 3.05) is 5.75 Å². The van der Waals surface area contributed by atoms with E-state index in [9.17, 15) is 8.42 Å². The quantitative estimate of drug-likeness (QED) is 0.867. The number of nitrogens with one attached hydrogen (secondary N) is 1. The van der Waals surface area contributed by atoms with Crippen LogP contribution in [0.25, 0.3) is 0 Å². The normalized spacial score (nSPS) is 11.8. The highest BCUT2D eigenvalue weighted by Gasteiger charge is 2.13. The smallest absolute Gasteiger partial charge is 0.178 e. The van der Waals surface area contributed by atoms with Gasteiger partial charge in [0.1, 0.15) is 0 Å². The average Bonchev–Trinajstić information content (AvgIpc) is 2.84. The van der Waals surface area contributed by atoms with Gasteiger partial charge in [0, 0.05) is 27.9 Å². The van der Waals surface area contributed by atoms with E-state index in [2.05, 4.69) is 24.4 Å². The summed E-state index contributed by atoms with van der Waals surface area (Å²) in [5.41, 5.74) is 0.878. The monoisotopic (exact) mass is 343 g/mol. The van der Waals surface area contributed by atoms with E-state index >= 15 is 0 Å². The number of benzene rings is 1. The van der Waals surface area contributed by atoms with Crippen LogP contribution in [0.3, 0.4) is 0 Å². The van der Waals surface area contributed by atoms with Crippen molar-refractivity contribution in [3.63, 3.8) is 0 Å². The Morgan fingerprint density at radius 2 is 1.95 bits per heavy atom. The molecule has 0 atom stereocenters. The van der Waals surface area contributed by atoms with Crippen LogP contribution in [-0.4, -0.2) is 14.2 Å². The van der Waals surface area contributed by atoms with Gasteiger partial charge in [0.05, 0.1) is 10.6 Å². The second kappa shape index (κ2) is 6.92.